The maximum Gasteiger partial charge on any atom is 0.430 e. The summed E-state index contributed by atoms with van der Waals surface area (Å²) in [6, 6.07) is 14.2. The topological polar surface area (TPSA) is 65.5 Å². The van der Waals surface area contributed by atoms with Gasteiger partial charge in [0.15, 0.2) is 0 Å². The Labute approximate surface area is 185 Å². The number of allylic oxidation sites excluding steroid dienone is 1. The van der Waals surface area contributed by atoms with Crippen molar-refractivity contribution in [3.8, 4) is 0 Å². The highest BCUT2D eigenvalue weighted by atomic mass is 32.2. The van der Waals surface area contributed by atoms with Crippen LogP contribution in [0.25, 0.3) is 12.2 Å². The Bertz CT molecular complexity index is 993. The monoisotopic (exact) mass is 446 g/mol. The second-order valence-electron chi connectivity index (χ2n) is 6.36. The number of fused-ring (bicyclic) bond motifs is 1. The first kappa shape index (κ1) is 24.4. The van der Waals surface area contributed by atoms with Gasteiger partial charge >= 0.3 is 6.18 Å². The number of hydrogen-bond donors (Lipinski definition) is 2. The summed E-state index contributed by atoms with van der Waals surface area (Å²) in [5.41, 5.74) is 1.75. The fraction of sp³-hybridized carbons (Fsp3) is 0.217. The molecule has 1 aliphatic carbocycles. The molecule has 164 valence electrons. The van der Waals surface area contributed by atoms with Crippen LogP contribution in [0.2, 0.25) is 0 Å². The molecule has 31 heavy (non-hydrogen) atoms. The zero-order valence-electron chi connectivity index (χ0n) is 17.6. The van der Waals surface area contributed by atoms with Gasteiger partial charge in [0.25, 0.3) is 0 Å². The predicted octanol–water partition coefficient (Wildman–Crippen LogP) is 6.90. The van der Waals surface area contributed by atoms with Gasteiger partial charge in [0.1, 0.15) is 11.5 Å². The maximum atomic E-state index is 13.1. The van der Waals surface area contributed by atoms with Gasteiger partial charge in [-0.3, -0.25) is 10.5 Å². The Kier molecular flexibility index (Phi) is 8.65. The van der Waals surface area contributed by atoms with Crippen molar-refractivity contribution in [3.63, 3.8) is 0 Å². The number of halogens is 3. The molecule has 1 aliphatic rings. The van der Waals surface area contributed by atoms with Crippen molar-refractivity contribution in [2.45, 2.75) is 38.3 Å². The molecule has 0 saturated heterocycles. The zero-order chi connectivity index (χ0) is 23.0. The van der Waals surface area contributed by atoms with Crippen molar-refractivity contribution in [2.24, 2.45) is 10.2 Å². The van der Waals surface area contributed by atoms with Gasteiger partial charge in [-0.1, -0.05) is 50.3 Å². The Morgan fingerprint density at radius 1 is 1.06 bits per heavy atom. The molecular weight excluding hydrogens is 421 g/mol. The van der Waals surface area contributed by atoms with E-state index in [4.69, 9.17) is 10.5 Å². The first-order valence-electron chi connectivity index (χ1n) is 9.74. The van der Waals surface area contributed by atoms with Gasteiger partial charge in [-0.05, 0) is 66.8 Å². The fourth-order valence-electron chi connectivity index (χ4n) is 2.76. The van der Waals surface area contributed by atoms with E-state index in [2.05, 4.69) is 5.10 Å². The molecule has 0 amide bonds. The van der Waals surface area contributed by atoms with E-state index >= 15 is 0 Å². The van der Waals surface area contributed by atoms with Crippen LogP contribution in [0, 0.1) is 5.41 Å². The molecule has 0 saturated carbocycles. The highest BCUT2D eigenvalue weighted by Crippen LogP contribution is 2.27. The van der Waals surface area contributed by atoms with E-state index in [0.717, 1.165) is 39.9 Å². The van der Waals surface area contributed by atoms with Crippen molar-refractivity contribution in [1.29, 1.82) is 5.41 Å². The van der Waals surface area contributed by atoms with Crippen molar-refractivity contribution in [3.05, 3.63) is 71.3 Å². The average Bonchev–Trinajstić information content (AvgIpc) is 3.00. The minimum absolute atomic E-state index is 0.122. The van der Waals surface area contributed by atoms with Crippen LogP contribution in [0.3, 0.4) is 0 Å². The third kappa shape index (κ3) is 6.32. The fourth-order valence-corrected chi connectivity index (χ4v) is 3.06. The number of anilines is 1. The molecule has 3 N–H and O–H groups in total. The first-order valence-corrected chi connectivity index (χ1v) is 10.6. The lowest BCUT2D eigenvalue weighted by Crippen LogP contribution is -2.31. The molecule has 0 bridgehead atoms. The molecule has 8 heteroatoms. The van der Waals surface area contributed by atoms with Crippen LogP contribution in [0.4, 0.5) is 18.9 Å². The summed E-state index contributed by atoms with van der Waals surface area (Å²) in [6.07, 6.45) is 1.46. The van der Waals surface area contributed by atoms with Crippen LogP contribution in [-0.2, 0) is 0 Å². The normalized spacial score (nSPS) is 13.4. The van der Waals surface area contributed by atoms with E-state index in [1.165, 1.54) is 0 Å². The van der Waals surface area contributed by atoms with Gasteiger partial charge in [-0.2, -0.15) is 18.3 Å². The number of nitrogens with zero attached hydrogens (tertiary/aromatic N) is 2. The molecular formula is C23H25F3N4S. The smallest absolute Gasteiger partial charge is 0.283 e. The molecule has 0 heterocycles. The Balaban J connectivity index is 0.00000166. The van der Waals surface area contributed by atoms with Crippen LogP contribution in [0.15, 0.2) is 70.2 Å². The largest absolute Gasteiger partial charge is 0.430 e. The van der Waals surface area contributed by atoms with E-state index in [1.54, 1.807) is 24.3 Å². The molecule has 0 radical (unpaired) electrons. The number of hydrogen-bond acceptors (Lipinski definition) is 4. The van der Waals surface area contributed by atoms with Crippen LogP contribution in [0.5, 0.6) is 0 Å². The number of alkyl halides is 3. The van der Waals surface area contributed by atoms with Gasteiger partial charge in [0.05, 0.1) is 5.69 Å². The van der Waals surface area contributed by atoms with Gasteiger partial charge in [0, 0.05) is 10.5 Å². The molecule has 0 unspecified atom stereocenters. The minimum Gasteiger partial charge on any atom is -0.283 e. The number of amidine groups is 1. The maximum absolute atomic E-state index is 13.1. The SMILES string of the molecule is C/C(=N\N(C(=N)C1=Cc2ccccc2C=CC1)c1ccc(SN)cc1)C(F)(F)F.CC. The van der Waals surface area contributed by atoms with Crippen molar-refractivity contribution in [1.82, 2.24) is 0 Å². The van der Waals surface area contributed by atoms with E-state index in [-0.39, 0.29) is 5.84 Å². The second-order valence-corrected chi connectivity index (χ2v) is 7.07. The third-order valence-corrected chi connectivity index (χ3v) is 4.90. The van der Waals surface area contributed by atoms with Crippen molar-refractivity contribution < 1.29 is 13.2 Å². The second kappa shape index (κ2) is 11.0. The number of nitrogens with one attached hydrogen (secondary N) is 1. The summed E-state index contributed by atoms with van der Waals surface area (Å²) in [4.78, 5) is 0.752. The minimum atomic E-state index is -4.59. The van der Waals surface area contributed by atoms with E-state index in [1.807, 2.05) is 56.3 Å². The van der Waals surface area contributed by atoms with E-state index < -0.39 is 11.9 Å². The quantitative estimate of drug-likeness (QED) is 0.232. The lowest BCUT2D eigenvalue weighted by atomic mass is 10.1. The Morgan fingerprint density at radius 3 is 2.26 bits per heavy atom. The van der Waals surface area contributed by atoms with Crippen LogP contribution in [0.1, 0.15) is 38.3 Å². The molecule has 0 aliphatic heterocycles. The molecule has 3 rings (SSSR count). The first-order chi connectivity index (χ1) is 14.8. The van der Waals surface area contributed by atoms with Gasteiger partial charge < -0.3 is 0 Å². The Morgan fingerprint density at radius 2 is 1.68 bits per heavy atom. The summed E-state index contributed by atoms with van der Waals surface area (Å²) in [5.74, 6) is -0.122. The number of rotatable bonds is 4. The zero-order valence-corrected chi connectivity index (χ0v) is 18.4. The van der Waals surface area contributed by atoms with Crippen LogP contribution in [-0.4, -0.2) is 17.7 Å². The number of nitrogens with two attached hydrogens (primary N) is 1. The highest BCUT2D eigenvalue weighted by molar-refractivity contribution is 7.97. The van der Waals surface area contributed by atoms with E-state index in [9.17, 15) is 13.2 Å². The van der Waals surface area contributed by atoms with Gasteiger partial charge in [-0.25, -0.2) is 5.01 Å². The number of benzene rings is 2. The summed E-state index contributed by atoms with van der Waals surface area (Å²) in [7, 11) is 0. The third-order valence-electron chi connectivity index (χ3n) is 4.35. The van der Waals surface area contributed by atoms with E-state index in [0.29, 0.717) is 17.7 Å². The molecule has 0 fully saturated rings. The van der Waals surface area contributed by atoms with Gasteiger partial charge in [-0.15, -0.1) is 0 Å². The van der Waals surface area contributed by atoms with Crippen molar-refractivity contribution in [2.75, 3.05) is 5.01 Å². The summed E-state index contributed by atoms with van der Waals surface area (Å²) in [5, 5.41) is 18.9. The highest BCUT2D eigenvalue weighted by Gasteiger charge is 2.33. The summed E-state index contributed by atoms with van der Waals surface area (Å²) < 4.78 is 39.4. The summed E-state index contributed by atoms with van der Waals surface area (Å²) >= 11 is 1.03. The van der Waals surface area contributed by atoms with Crippen molar-refractivity contribution >= 4 is 41.3 Å². The van der Waals surface area contributed by atoms with Crippen LogP contribution < -0.4 is 10.1 Å². The molecule has 0 aromatic heterocycles. The molecule has 2 aromatic carbocycles. The average molecular weight is 447 g/mol. The molecule has 4 nitrogen and oxygen atoms in total. The number of hydrazone groups is 1. The lowest BCUT2D eigenvalue weighted by molar-refractivity contribution is -0.0593. The Hall–Kier alpha value is -2.84. The van der Waals surface area contributed by atoms with Crippen LogP contribution >= 0.6 is 11.9 Å². The van der Waals surface area contributed by atoms with Gasteiger partial charge in [0.2, 0.25) is 0 Å². The lowest BCUT2D eigenvalue weighted by Gasteiger charge is -2.23. The molecule has 0 atom stereocenters. The standard InChI is InChI=1S/C21H19F3N4S.C2H6/c1-14(21(22,23)24)27-28(18-9-11-19(29-26)12-10-18)20(25)17-8-4-7-15-5-2-3-6-16(15)13-17;1-2/h2-7,9-13,25H,8,26H2,1H3;1-2H3/b25-20?,27-14+;. The summed E-state index contributed by atoms with van der Waals surface area (Å²) in [6.45, 7) is 4.89. The predicted molar refractivity (Wildman–Crippen MR) is 125 cm³/mol. The molecule has 0 spiro atoms. The molecule has 2 aromatic rings.